The summed E-state index contributed by atoms with van der Waals surface area (Å²) in [6.45, 7) is 9.74. The fourth-order valence-electron chi connectivity index (χ4n) is 7.26. The van der Waals surface area contributed by atoms with Crippen molar-refractivity contribution >= 4 is 17.8 Å². The third kappa shape index (κ3) is 38.7. The molecule has 0 heterocycles. The lowest BCUT2D eigenvalue weighted by Crippen LogP contribution is -2.42. The maximum absolute atomic E-state index is 13.2. The molecule has 0 saturated carbocycles. The summed E-state index contributed by atoms with van der Waals surface area (Å²) in [7, 11) is 4.41. The number of carbonyl (C=O) groups is 3. The molecule has 0 unspecified atom stereocenters. The summed E-state index contributed by atoms with van der Waals surface area (Å²) in [6.07, 6.45) is 44.4. The highest BCUT2D eigenvalue weighted by Crippen LogP contribution is 2.13. The number of allylic oxidation sites excluding steroid dienone is 4. The van der Waals surface area contributed by atoms with Crippen LogP contribution in [0, 0.1) is 0 Å². The predicted molar refractivity (Wildman–Crippen MR) is 239 cm³/mol. The number of unbranched alkanes of at least 4 members (excludes halogenated alkanes) is 22. The van der Waals surface area contributed by atoms with E-state index >= 15 is 0 Å². The molecule has 0 saturated heterocycles. The Kier molecular flexibility index (Phi) is 39.5. The summed E-state index contributed by atoms with van der Waals surface area (Å²) in [6, 6.07) is 0. The number of ether oxygens (including phenoxy) is 2. The second-order valence-electron chi connectivity index (χ2n) is 17.0. The third-order valence-electron chi connectivity index (χ3n) is 10.9. The normalized spacial score (nSPS) is 11.9. The molecule has 7 nitrogen and oxygen atoms in total. The average molecular weight is 790 g/mol. The van der Waals surface area contributed by atoms with E-state index in [0.29, 0.717) is 32.4 Å². The fourth-order valence-corrected chi connectivity index (χ4v) is 7.26. The molecule has 0 atom stereocenters. The van der Waals surface area contributed by atoms with Crippen LogP contribution in [-0.2, 0) is 23.9 Å². The molecule has 0 aliphatic carbocycles. The number of hydrogen-bond acceptors (Lipinski definition) is 5. The molecule has 56 heavy (non-hydrogen) atoms. The van der Waals surface area contributed by atoms with Crippen molar-refractivity contribution in [1.82, 2.24) is 4.90 Å². The van der Waals surface area contributed by atoms with Crippen molar-refractivity contribution in [2.45, 2.75) is 220 Å². The van der Waals surface area contributed by atoms with Crippen LogP contribution in [0.1, 0.15) is 220 Å². The van der Waals surface area contributed by atoms with E-state index in [1.54, 1.807) is 4.90 Å². The SMILES string of the molecule is CCCCCCCC/C=C\CCCCCCCC(=O)OCCN(CCOC(=O)CCCCCCC/C=C\CCCCCCCC)C(=O)CCC[N+](C)(C)CCC. The monoisotopic (exact) mass is 790 g/mol. The second kappa shape index (κ2) is 41.0. The Balaban J connectivity index is 4.26. The molecule has 0 aromatic carbocycles. The van der Waals surface area contributed by atoms with Gasteiger partial charge in [0.1, 0.15) is 13.2 Å². The molecule has 0 aliphatic rings. The van der Waals surface area contributed by atoms with Gasteiger partial charge in [0.05, 0.1) is 40.3 Å². The van der Waals surface area contributed by atoms with Crippen LogP contribution in [0.4, 0.5) is 0 Å². The molecule has 328 valence electrons. The van der Waals surface area contributed by atoms with Crippen molar-refractivity contribution in [3.8, 4) is 0 Å². The number of rotatable bonds is 42. The molecule has 0 N–H and O–H groups in total. The maximum atomic E-state index is 13.2. The largest absolute Gasteiger partial charge is 0.464 e. The van der Waals surface area contributed by atoms with E-state index in [9.17, 15) is 14.4 Å². The first-order chi connectivity index (χ1) is 27.3. The van der Waals surface area contributed by atoms with Gasteiger partial charge in [0.15, 0.2) is 0 Å². The number of carbonyl (C=O) groups excluding carboxylic acids is 3. The number of nitrogens with zero attached hydrogens (tertiary/aromatic N) is 2. The van der Waals surface area contributed by atoms with Gasteiger partial charge < -0.3 is 18.9 Å². The van der Waals surface area contributed by atoms with E-state index in [-0.39, 0.29) is 31.1 Å². The second-order valence-corrected chi connectivity index (χ2v) is 17.0. The lowest BCUT2D eigenvalue weighted by Gasteiger charge is -2.29. The number of esters is 2. The molecule has 0 bridgehead atoms. The zero-order chi connectivity index (χ0) is 41.2. The predicted octanol–water partition coefficient (Wildman–Crippen LogP) is 13.2. The Morgan fingerprint density at radius 1 is 0.429 bits per heavy atom. The number of hydrogen-bond donors (Lipinski definition) is 0. The molecule has 0 spiro atoms. The first-order valence-electron chi connectivity index (χ1n) is 24.0. The van der Waals surface area contributed by atoms with E-state index in [0.717, 1.165) is 81.8 Å². The summed E-state index contributed by atoms with van der Waals surface area (Å²) in [4.78, 5) is 39.8. The van der Waals surface area contributed by atoms with Crippen LogP contribution in [0.25, 0.3) is 0 Å². The number of quaternary nitrogens is 1. The summed E-state index contributed by atoms with van der Waals surface area (Å²) >= 11 is 0. The zero-order valence-electron chi connectivity index (χ0n) is 37.9. The van der Waals surface area contributed by atoms with Crippen molar-refractivity contribution in [2.75, 3.05) is 53.5 Å². The lowest BCUT2D eigenvalue weighted by atomic mass is 10.1. The summed E-state index contributed by atoms with van der Waals surface area (Å²) in [5.74, 6) is -0.358. The van der Waals surface area contributed by atoms with Gasteiger partial charge in [-0.2, -0.15) is 0 Å². The molecular formula is C49H93N2O5+. The summed E-state index contributed by atoms with van der Waals surface area (Å²) in [5.41, 5.74) is 0. The zero-order valence-corrected chi connectivity index (χ0v) is 37.9. The van der Waals surface area contributed by atoms with Crippen molar-refractivity contribution in [3.05, 3.63) is 24.3 Å². The molecule has 0 aliphatic heterocycles. The molecule has 0 radical (unpaired) electrons. The first kappa shape index (κ1) is 53.9. The lowest BCUT2D eigenvalue weighted by molar-refractivity contribution is -0.890. The van der Waals surface area contributed by atoms with Crippen LogP contribution in [0.5, 0.6) is 0 Å². The van der Waals surface area contributed by atoms with E-state index in [2.05, 4.69) is 59.2 Å². The molecule has 7 heteroatoms. The minimum atomic E-state index is -0.194. The smallest absolute Gasteiger partial charge is 0.305 e. The van der Waals surface area contributed by atoms with Gasteiger partial charge >= 0.3 is 11.9 Å². The van der Waals surface area contributed by atoms with E-state index in [1.165, 1.54) is 116 Å². The van der Waals surface area contributed by atoms with Gasteiger partial charge in [-0.05, 0) is 70.6 Å². The maximum Gasteiger partial charge on any atom is 0.305 e. The van der Waals surface area contributed by atoms with Crippen LogP contribution in [0.3, 0.4) is 0 Å². The molecule has 1 amide bonds. The van der Waals surface area contributed by atoms with Crippen LogP contribution < -0.4 is 0 Å². The van der Waals surface area contributed by atoms with Gasteiger partial charge in [-0.3, -0.25) is 14.4 Å². The topological polar surface area (TPSA) is 72.9 Å². The van der Waals surface area contributed by atoms with Gasteiger partial charge in [-0.25, -0.2) is 0 Å². The minimum absolute atomic E-state index is 0.0307. The average Bonchev–Trinajstić information content (AvgIpc) is 3.17. The van der Waals surface area contributed by atoms with Gasteiger partial charge in [-0.1, -0.05) is 148 Å². The molecule has 0 aromatic rings. The van der Waals surface area contributed by atoms with Crippen LogP contribution in [-0.4, -0.2) is 80.7 Å². The van der Waals surface area contributed by atoms with Crippen LogP contribution in [0.15, 0.2) is 24.3 Å². The fraction of sp³-hybridized carbons (Fsp3) is 0.857. The highest BCUT2D eigenvalue weighted by molar-refractivity contribution is 5.76. The van der Waals surface area contributed by atoms with Crippen LogP contribution in [0.2, 0.25) is 0 Å². The van der Waals surface area contributed by atoms with Crippen molar-refractivity contribution < 1.29 is 28.3 Å². The van der Waals surface area contributed by atoms with Crippen molar-refractivity contribution in [1.29, 1.82) is 0 Å². The van der Waals surface area contributed by atoms with Gasteiger partial charge in [0.25, 0.3) is 0 Å². The third-order valence-corrected chi connectivity index (χ3v) is 10.9. The van der Waals surface area contributed by atoms with Crippen molar-refractivity contribution in [2.24, 2.45) is 0 Å². The number of amides is 1. The van der Waals surface area contributed by atoms with E-state index in [1.807, 2.05) is 0 Å². The minimum Gasteiger partial charge on any atom is -0.464 e. The Hall–Kier alpha value is -2.15. The highest BCUT2D eigenvalue weighted by Gasteiger charge is 2.18. The van der Waals surface area contributed by atoms with Crippen LogP contribution >= 0.6 is 0 Å². The quantitative estimate of drug-likeness (QED) is 0.0266. The summed E-state index contributed by atoms with van der Waals surface area (Å²) in [5, 5.41) is 0. The Morgan fingerprint density at radius 2 is 0.786 bits per heavy atom. The van der Waals surface area contributed by atoms with Crippen molar-refractivity contribution in [3.63, 3.8) is 0 Å². The Bertz CT molecular complexity index is 904. The van der Waals surface area contributed by atoms with Gasteiger partial charge in [-0.15, -0.1) is 0 Å². The highest BCUT2D eigenvalue weighted by atomic mass is 16.5. The van der Waals surface area contributed by atoms with Gasteiger partial charge in [0, 0.05) is 25.7 Å². The standard InChI is InChI=1S/C49H93N2O5/c1-6-9-11-13-15-17-19-21-23-25-27-29-31-33-35-39-48(53)55-45-41-50(47(52)38-37-44-51(4,5)43-8-3)42-46-56-49(54)40-36-34-32-30-28-26-24-22-20-18-16-14-12-10-7-2/h21-24H,6-20,25-46H2,1-5H3/q+1/b23-21-,24-22-. The molecule has 0 aromatic heterocycles. The van der Waals surface area contributed by atoms with Gasteiger partial charge in [0.2, 0.25) is 5.91 Å². The summed E-state index contributed by atoms with van der Waals surface area (Å²) < 4.78 is 12.0. The Labute approximate surface area is 347 Å². The molecule has 0 fully saturated rings. The first-order valence-corrected chi connectivity index (χ1v) is 24.0. The molecular weight excluding hydrogens is 697 g/mol. The van der Waals surface area contributed by atoms with E-state index < -0.39 is 0 Å². The molecule has 0 rings (SSSR count). The Morgan fingerprint density at radius 3 is 1.16 bits per heavy atom. The van der Waals surface area contributed by atoms with E-state index in [4.69, 9.17) is 9.47 Å².